The highest BCUT2D eigenvalue weighted by Gasteiger charge is 2.28. The summed E-state index contributed by atoms with van der Waals surface area (Å²) in [5.74, 6) is -0.0158. The molecule has 0 unspecified atom stereocenters. The highest BCUT2D eigenvalue weighted by Crippen LogP contribution is 2.28. The zero-order chi connectivity index (χ0) is 14.3. The molecule has 1 aromatic heterocycles. The molecule has 0 saturated carbocycles. The van der Waals surface area contributed by atoms with Crippen LogP contribution in [-0.2, 0) is 10.8 Å². The van der Waals surface area contributed by atoms with E-state index in [0.29, 0.717) is 5.69 Å². The van der Waals surface area contributed by atoms with Crippen LogP contribution in [0.4, 0.5) is 0 Å². The van der Waals surface area contributed by atoms with Gasteiger partial charge in [-0.15, -0.1) is 0 Å². The maximum absolute atomic E-state index is 11.8. The Morgan fingerprint density at radius 1 is 0.889 bits per heavy atom. The summed E-state index contributed by atoms with van der Waals surface area (Å²) in [5.41, 5.74) is 2.85. The molecule has 0 fully saturated rings. The first kappa shape index (κ1) is 14.8. The Hall–Kier alpha value is -1.25. The molecule has 0 radical (unpaired) electrons. The summed E-state index contributed by atoms with van der Waals surface area (Å²) in [5, 5.41) is 0. The molecule has 0 aliphatic heterocycles. The first-order valence-corrected chi connectivity index (χ1v) is 6.35. The number of hydrogen-bond acceptors (Lipinski definition) is 3. The number of carbonyl (C=O) groups is 1. The van der Waals surface area contributed by atoms with E-state index in [1.807, 2.05) is 6.92 Å². The van der Waals surface area contributed by atoms with Crippen molar-refractivity contribution < 1.29 is 4.79 Å². The van der Waals surface area contributed by atoms with Crippen LogP contribution in [-0.4, -0.2) is 15.8 Å². The zero-order valence-electron chi connectivity index (χ0n) is 12.8. The molecule has 0 aliphatic carbocycles. The van der Waals surface area contributed by atoms with Crippen LogP contribution in [0, 0.1) is 6.92 Å². The van der Waals surface area contributed by atoms with Gasteiger partial charge in [-0.2, -0.15) is 0 Å². The number of aromatic nitrogens is 2. The van der Waals surface area contributed by atoms with E-state index >= 15 is 0 Å². The van der Waals surface area contributed by atoms with Gasteiger partial charge in [0.15, 0.2) is 5.78 Å². The minimum atomic E-state index is -0.171. The van der Waals surface area contributed by atoms with Crippen LogP contribution in [0.25, 0.3) is 0 Å². The number of carbonyl (C=O) groups excluding carboxylic acids is 1. The zero-order valence-corrected chi connectivity index (χ0v) is 12.8. The van der Waals surface area contributed by atoms with Crippen LogP contribution in [0.3, 0.4) is 0 Å². The number of rotatable bonds is 1. The van der Waals surface area contributed by atoms with Crippen molar-refractivity contribution in [2.45, 2.75) is 66.2 Å². The highest BCUT2D eigenvalue weighted by atomic mass is 16.1. The first-order valence-electron chi connectivity index (χ1n) is 6.35. The van der Waals surface area contributed by atoms with Crippen LogP contribution in [0.5, 0.6) is 0 Å². The minimum Gasteiger partial charge on any atom is -0.293 e. The fraction of sp³-hybridized carbons (Fsp3) is 0.667. The molecule has 0 bridgehead atoms. The Kier molecular flexibility index (Phi) is 3.66. The van der Waals surface area contributed by atoms with E-state index in [9.17, 15) is 4.79 Å². The Labute approximate surface area is 110 Å². The second-order valence-electron chi connectivity index (χ2n) is 6.91. The van der Waals surface area contributed by atoms with E-state index in [2.05, 4.69) is 51.5 Å². The van der Waals surface area contributed by atoms with Gasteiger partial charge in [0.05, 0.1) is 17.1 Å². The Morgan fingerprint density at radius 3 is 1.67 bits per heavy atom. The molecule has 0 spiro atoms. The van der Waals surface area contributed by atoms with Crippen molar-refractivity contribution in [3.05, 3.63) is 22.8 Å². The summed E-state index contributed by atoms with van der Waals surface area (Å²) in [4.78, 5) is 21.0. The maximum Gasteiger partial charge on any atom is 0.180 e. The van der Waals surface area contributed by atoms with Crippen molar-refractivity contribution in [3.63, 3.8) is 0 Å². The molecule has 3 heteroatoms. The largest absolute Gasteiger partial charge is 0.293 e. The van der Waals surface area contributed by atoms with Gasteiger partial charge < -0.3 is 0 Å². The Balaban J connectivity index is 3.60. The van der Waals surface area contributed by atoms with Gasteiger partial charge in [0.2, 0.25) is 0 Å². The maximum atomic E-state index is 11.8. The van der Waals surface area contributed by atoms with E-state index in [1.165, 1.54) is 0 Å². The summed E-state index contributed by atoms with van der Waals surface area (Å²) in [6.45, 7) is 16.0. The van der Waals surface area contributed by atoms with Crippen LogP contribution < -0.4 is 0 Å². The van der Waals surface area contributed by atoms with Crippen molar-refractivity contribution in [1.82, 2.24) is 9.97 Å². The van der Waals surface area contributed by atoms with E-state index < -0.39 is 0 Å². The van der Waals surface area contributed by atoms with Crippen LogP contribution in [0.15, 0.2) is 0 Å². The third-order valence-corrected chi connectivity index (χ3v) is 2.82. The molecule has 0 atom stereocenters. The fourth-order valence-corrected chi connectivity index (χ4v) is 2.00. The lowest BCUT2D eigenvalue weighted by Gasteiger charge is -2.25. The molecule has 100 valence electrons. The number of Topliss-reactive ketones (excluding diaryl/α,β-unsaturated/α-hetero) is 1. The monoisotopic (exact) mass is 248 g/mol. The van der Waals surface area contributed by atoms with E-state index in [0.717, 1.165) is 17.1 Å². The molecule has 1 aromatic rings. The Bertz CT molecular complexity index is 476. The molecule has 0 aromatic carbocycles. The second-order valence-corrected chi connectivity index (χ2v) is 6.91. The standard InChI is InChI=1S/C15H24N2O/c1-9-12(14(3,4)5)17-11(10(2)18)13(16-9)15(6,7)8/h1-8H3. The summed E-state index contributed by atoms with van der Waals surface area (Å²) in [6, 6.07) is 0. The highest BCUT2D eigenvalue weighted by molar-refractivity contribution is 5.93. The van der Waals surface area contributed by atoms with E-state index in [-0.39, 0.29) is 16.6 Å². The van der Waals surface area contributed by atoms with Crippen molar-refractivity contribution in [2.24, 2.45) is 0 Å². The van der Waals surface area contributed by atoms with Crippen molar-refractivity contribution in [1.29, 1.82) is 0 Å². The van der Waals surface area contributed by atoms with E-state index in [4.69, 9.17) is 0 Å². The number of hydrogen-bond donors (Lipinski definition) is 0. The fourth-order valence-electron chi connectivity index (χ4n) is 2.00. The first-order chi connectivity index (χ1) is 7.94. The second kappa shape index (κ2) is 4.45. The topological polar surface area (TPSA) is 42.9 Å². The van der Waals surface area contributed by atoms with E-state index in [1.54, 1.807) is 6.92 Å². The molecule has 0 N–H and O–H groups in total. The van der Waals surface area contributed by atoms with Gasteiger partial charge in [-0.3, -0.25) is 9.78 Å². The van der Waals surface area contributed by atoms with Crippen LogP contribution in [0.2, 0.25) is 0 Å². The predicted octanol–water partition coefficient (Wildman–Crippen LogP) is 3.58. The molecule has 3 nitrogen and oxygen atoms in total. The molecular weight excluding hydrogens is 224 g/mol. The van der Waals surface area contributed by atoms with Crippen molar-refractivity contribution in [3.8, 4) is 0 Å². The van der Waals surface area contributed by atoms with Gasteiger partial charge >= 0.3 is 0 Å². The van der Waals surface area contributed by atoms with Gasteiger partial charge in [0, 0.05) is 17.8 Å². The lowest BCUT2D eigenvalue weighted by atomic mass is 9.86. The lowest BCUT2D eigenvalue weighted by Crippen LogP contribution is -2.25. The molecule has 1 rings (SSSR count). The van der Waals surface area contributed by atoms with Gasteiger partial charge in [0.25, 0.3) is 0 Å². The van der Waals surface area contributed by atoms with Gasteiger partial charge in [0.1, 0.15) is 5.69 Å². The predicted molar refractivity (Wildman–Crippen MR) is 74.2 cm³/mol. The number of nitrogens with zero attached hydrogens (tertiary/aromatic N) is 2. The molecule has 0 saturated heterocycles. The third kappa shape index (κ3) is 2.95. The molecular formula is C15H24N2O. The number of ketones is 1. The average Bonchev–Trinajstić information content (AvgIpc) is 2.13. The summed E-state index contributed by atoms with van der Waals surface area (Å²) in [7, 11) is 0. The number of aryl methyl sites for hydroxylation is 1. The van der Waals surface area contributed by atoms with Gasteiger partial charge in [-0.25, -0.2) is 4.98 Å². The lowest BCUT2D eigenvalue weighted by molar-refractivity contribution is 0.100. The summed E-state index contributed by atoms with van der Waals surface area (Å²) in [6.07, 6.45) is 0. The SMILES string of the molecule is CC(=O)c1nc(C(C)(C)C)c(C)nc1C(C)(C)C. The van der Waals surface area contributed by atoms with Gasteiger partial charge in [-0.1, -0.05) is 41.5 Å². The molecule has 0 amide bonds. The van der Waals surface area contributed by atoms with Crippen LogP contribution >= 0.6 is 0 Å². The van der Waals surface area contributed by atoms with Crippen molar-refractivity contribution in [2.75, 3.05) is 0 Å². The van der Waals surface area contributed by atoms with Crippen LogP contribution in [0.1, 0.15) is 76.0 Å². The van der Waals surface area contributed by atoms with Gasteiger partial charge in [-0.05, 0) is 6.92 Å². The summed E-state index contributed by atoms with van der Waals surface area (Å²) >= 11 is 0. The average molecular weight is 248 g/mol. The van der Waals surface area contributed by atoms with Crippen molar-refractivity contribution >= 4 is 5.78 Å². The Morgan fingerprint density at radius 2 is 1.33 bits per heavy atom. The third-order valence-electron chi connectivity index (χ3n) is 2.82. The molecule has 0 aliphatic rings. The summed E-state index contributed by atoms with van der Waals surface area (Å²) < 4.78 is 0. The minimum absolute atomic E-state index is 0.0158. The molecule has 1 heterocycles. The molecule has 18 heavy (non-hydrogen) atoms. The quantitative estimate of drug-likeness (QED) is 0.713. The smallest absolute Gasteiger partial charge is 0.180 e. The normalized spacial score (nSPS) is 12.7.